The van der Waals surface area contributed by atoms with E-state index in [0.29, 0.717) is 12.8 Å². The third-order valence-electron chi connectivity index (χ3n) is 11.2. The predicted octanol–water partition coefficient (Wildman–Crippen LogP) is 3.35. The lowest BCUT2D eigenvalue weighted by Gasteiger charge is -2.51. The summed E-state index contributed by atoms with van der Waals surface area (Å²) >= 11 is 0. The van der Waals surface area contributed by atoms with Crippen LogP contribution in [0.3, 0.4) is 0 Å². The minimum Gasteiger partial charge on any atom is -0.346 e. The number of hydrogen-bond acceptors (Lipinski definition) is 7. The van der Waals surface area contributed by atoms with E-state index in [-0.39, 0.29) is 43.7 Å². The third kappa shape index (κ3) is 8.02. The Hall–Kier alpha value is -3.10. The van der Waals surface area contributed by atoms with Gasteiger partial charge in [0.1, 0.15) is 12.1 Å². The second-order valence-corrected chi connectivity index (χ2v) is 19.3. The van der Waals surface area contributed by atoms with Gasteiger partial charge in [-0.25, -0.2) is 22.0 Å². The van der Waals surface area contributed by atoms with E-state index < -0.39 is 97.8 Å². The molecule has 4 fully saturated rings. The molecule has 5 amide bonds. The number of carbonyl (C=O) groups excluding carboxylic acids is 5. The van der Waals surface area contributed by atoms with E-state index in [2.05, 4.69) is 22.5 Å². The summed E-state index contributed by atoms with van der Waals surface area (Å²) in [6.45, 7) is 15.5. The Morgan fingerprint density at radius 1 is 1.06 bits per heavy atom. The van der Waals surface area contributed by atoms with Gasteiger partial charge in [-0.3, -0.25) is 19.2 Å². The summed E-state index contributed by atoms with van der Waals surface area (Å²) < 4.78 is 55.0. The highest BCUT2D eigenvalue weighted by Crippen LogP contribution is 2.48. The van der Waals surface area contributed by atoms with E-state index in [9.17, 15) is 41.2 Å². The molecular weight excluding hydrogens is 672 g/mol. The standard InChI is InChI=1S/C35H55F2N5O7S/c1-9-17-38-29(45)26(43)24(19-22-10-11-22)39-28(44)25-23(21(2)3)12-18-41(25)30(46)27-33(7,8)42(31(47)40-27)34(13-15-35(36,37)16-14-34)20-50(48,49)32(4,5)6/h9,21-25,27H,1,10-20H2,2-8H3,(H,38,45)(H,39,44)(H,40,47)/t23?,24?,25-,27?/m0/s1. The molecule has 2 aliphatic heterocycles. The van der Waals surface area contributed by atoms with Crippen molar-refractivity contribution in [2.75, 3.05) is 18.8 Å². The first kappa shape index (κ1) is 39.7. The van der Waals surface area contributed by atoms with Gasteiger partial charge in [0.25, 0.3) is 5.91 Å². The minimum atomic E-state index is -3.90. The topological polar surface area (TPSA) is 162 Å². The fraction of sp³-hybridized carbons (Fsp3) is 0.800. The Morgan fingerprint density at radius 3 is 2.18 bits per heavy atom. The number of rotatable bonds is 13. The molecule has 15 heteroatoms. The number of amides is 5. The van der Waals surface area contributed by atoms with Gasteiger partial charge in [-0.2, -0.15) is 0 Å². The fourth-order valence-corrected chi connectivity index (χ4v) is 9.44. The average Bonchev–Trinajstić information content (AvgIpc) is 3.64. The molecule has 2 saturated heterocycles. The number of ketones is 1. The first-order chi connectivity index (χ1) is 23.0. The molecule has 2 aliphatic carbocycles. The summed E-state index contributed by atoms with van der Waals surface area (Å²) in [4.78, 5) is 71.0. The van der Waals surface area contributed by atoms with Crippen molar-refractivity contribution in [3.63, 3.8) is 0 Å². The zero-order valence-electron chi connectivity index (χ0n) is 30.4. The number of nitrogens with one attached hydrogen (secondary N) is 3. The molecule has 3 N–H and O–H groups in total. The predicted molar refractivity (Wildman–Crippen MR) is 184 cm³/mol. The molecule has 4 atom stereocenters. The van der Waals surface area contributed by atoms with Crippen molar-refractivity contribution in [3.05, 3.63) is 12.7 Å². The normalized spacial score (nSPS) is 26.7. The molecular formula is C35H55F2N5O7S. The number of Topliss-reactive ketones (excluding diaryl/α,β-unsaturated/α-hetero) is 1. The summed E-state index contributed by atoms with van der Waals surface area (Å²) in [5, 5.41) is 7.99. The highest BCUT2D eigenvalue weighted by atomic mass is 32.2. The monoisotopic (exact) mass is 727 g/mol. The Morgan fingerprint density at radius 2 is 1.66 bits per heavy atom. The van der Waals surface area contributed by atoms with Crippen LogP contribution in [0.25, 0.3) is 0 Å². The SMILES string of the molecule is C=CCNC(=O)C(=O)C(CC1CC1)NC(=O)[C@@H]1C(C(C)C)CCN1C(=O)C1NC(=O)N(C2(CS(=O)(=O)C(C)(C)C)CCC(F)(F)CC2)C1(C)C. The molecule has 2 saturated carbocycles. The van der Waals surface area contributed by atoms with Crippen LogP contribution in [0.1, 0.15) is 99.8 Å². The number of urea groups is 1. The number of nitrogens with zero attached hydrogens (tertiary/aromatic N) is 2. The molecule has 3 unspecified atom stereocenters. The van der Waals surface area contributed by atoms with Crippen molar-refractivity contribution < 1.29 is 41.2 Å². The maximum Gasteiger partial charge on any atom is 0.319 e. The van der Waals surface area contributed by atoms with Gasteiger partial charge in [-0.05, 0) is 78.1 Å². The molecule has 2 heterocycles. The Kier molecular flexibility index (Phi) is 11.2. The first-order valence-electron chi connectivity index (χ1n) is 17.7. The van der Waals surface area contributed by atoms with Gasteiger partial charge in [-0.1, -0.05) is 32.8 Å². The van der Waals surface area contributed by atoms with Crippen molar-refractivity contribution in [1.82, 2.24) is 25.8 Å². The van der Waals surface area contributed by atoms with Gasteiger partial charge in [0, 0.05) is 25.9 Å². The average molecular weight is 728 g/mol. The van der Waals surface area contributed by atoms with Crippen LogP contribution in [0.4, 0.5) is 13.6 Å². The molecule has 4 aliphatic rings. The molecule has 0 aromatic carbocycles. The number of halogens is 2. The molecule has 0 aromatic heterocycles. The van der Waals surface area contributed by atoms with Crippen molar-refractivity contribution in [3.8, 4) is 0 Å². The van der Waals surface area contributed by atoms with Crippen LogP contribution in [0.2, 0.25) is 0 Å². The lowest BCUT2D eigenvalue weighted by atomic mass is 9.77. The van der Waals surface area contributed by atoms with Crippen LogP contribution >= 0.6 is 0 Å². The van der Waals surface area contributed by atoms with Crippen LogP contribution in [0, 0.1) is 17.8 Å². The van der Waals surface area contributed by atoms with Crippen LogP contribution in [-0.4, -0.2) is 106 Å². The lowest BCUT2D eigenvalue weighted by molar-refractivity contribution is -0.145. The highest BCUT2D eigenvalue weighted by molar-refractivity contribution is 7.92. The van der Waals surface area contributed by atoms with Crippen LogP contribution < -0.4 is 16.0 Å². The van der Waals surface area contributed by atoms with E-state index in [0.717, 1.165) is 12.8 Å². The number of alkyl halides is 2. The van der Waals surface area contributed by atoms with Crippen LogP contribution in [0.15, 0.2) is 12.7 Å². The molecule has 0 bridgehead atoms. The third-order valence-corrected chi connectivity index (χ3v) is 13.9. The van der Waals surface area contributed by atoms with Gasteiger partial charge < -0.3 is 25.8 Å². The fourth-order valence-electron chi connectivity index (χ4n) is 7.88. The van der Waals surface area contributed by atoms with Crippen LogP contribution in [-0.2, 0) is 29.0 Å². The number of carbonyl (C=O) groups is 5. The van der Waals surface area contributed by atoms with E-state index in [4.69, 9.17) is 0 Å². The van der Waals surface area contributed by atoms with Gasteiger partial charge in [0.2, 0.25) is 23.5 Å². The molecule has 282 valence electrons. The van der Waals surface area contributed by atoms with E-state index in [1.54, 1.807) is 13.8 Å². The van der Waals surface area contributed by atoms with E-state index >= 15 is 0 Å². The van der Waals surface area contributed by atoms with Crippen molar-refractivity contribution in [2.24, 2.45) is 17.8 Å². The zero-order valence-corrected chi connectivity index (χ0v) is 31.3. The van der Waals surface area contributed by atoms with Gasteiger partial charge in [0.15, 0.2) is 9.84 Å². The number of hydrogen-bond donors (Lipinski definition) is 3. The summed E-state index contributed by atoms with van der Waals surface area (Å²) in [6.07, 6.45) is 2.19. The van der Waals surface area contributed by atoms with Crippen molar-refractivity contribution in [1.29, 1.82) is 0 Å². The largest absolute Gasteiger partial charge is 0.346 e. The zero-order chi connectivity index (χ0) is 37.6. The van der Waals surface area contributed by atoms with Crippen LogP contribution in [0.5, 0.6) is 0 Å². The number of sulfone groups is 1. The molecule has 0 spiro atoms. The summed E-state index contributed by atoms with van der Waals surface area (Å²) in [5.74, 6) is -6.49. The number of likely N-dealkylation sites (tertiary alicyclic amines) is 1. The van der Waals surface area contributed by atoms with Gasteiger partial charge >= 0.3 is 6.03 Å². The minimum absolute atomic E-state index is 0.0468. The quantitative estimate of drug-likeness (QED) is 0.194. The van der Waals surface area contributed by atoms with Gasteiger partial charge in [-0.15, -0.1) is 6.58 Å². The molecule has 4 rings (SSSR count). The summed E-state index contributed by atoms with van der Waals surface area (Å²) in [5.41, 5.74) is -2.87. The highest BCUT2D eigenvalue weighted by Gasteiger charge is 2.62. The van der Waals surface area contributed by atoms with Crippen molar-refractivity contribution in [2.45, 2.75) is 140 Å². The van der Waals surface area contributed by atoms with E-state index in [1.807, 2.05) is 13.8 Å². The molecule has 50 heavy (non-hydrogen) atoms. The van der Waals surface area contributed by atoms with E-state index in [1.165, 1.54) is 36.6 Å². The molecule has 0 aromatic rings. The summed E-state index contributed by atoms with van der Waals surface area (Å²) in [7, 11) is -3.90. The second kappa shape index (κ2) is 14.1. The maximum absolute atomic E-state index is 14.5. The smallest absolute Gasteiger partial charge is 0.319 e. The first-order valence-corrected chi connectivity index (χ1v) is 19.4. The molecule has 12 nitrogen and oxygen atoms in total. The van der Waals surface area contributed by atoms with Crippen molar-refractivity contribution >= 4 is 39.4 Å². The molecule has 0 radical (unpaired) electrons. The maximum atomic E-state index is 14.5. The second-order valence-electron chi connectivity index (χ2n) is 16.6. The Balaban J connectivity index is 1.64. The summed E-state index contributed by atoms with van der Waals surface area (Å²) in [6, 6.07) is -4.07. The Bertz CT molecular complexity index is 1480. The lowest BCUT2D eigenvalue weighted by Crippen LogP contribution is -2.66. The van der Waals surface area contributed by atoms with Gasteiger partial charge in [0.05, 0.1) is 27.6 Å². The Labute approximate surface area is 294 Å².